The summed E-state index contributed by atoms with van der Waals surface area (Å²) >= 11 is 7.62. The molecule has 0 aliphatic carbocycles. The molecule has 1 unspecified atom stereocenters. The lowest BCUT2D eigenvalue weighted by Crippen LogP contribution is -2.41. The summed E-state index contributed by atoms with van der Waals surface area (Å²) in [6.07, 6.45) is -0.225. The zero-order valence-corrected chi connectivity index (χ0v) is 10.1. The predicted molar refractivity (Wildman–Crippen MR) is 59.5 cm³/mol. The molecule has 0 bridgehead atoms. The van der Waals surface area contributed by atoms with E-state index in [-0.39, 0.29) is 17.9 Å². The molecule has 1 N–H and O–H groups in total. The molecule has 0 aliphatic rings. The van der Waals surface area contributed by atoms with E-state index in [2.05, 4.69) is 15.9 Å². The second-order valence-electron chi connectivity index (χ2n) is 3.16. The SMILES string of the molecule is OC(CCCl)(c1ccccc1)C(F)(F)Br. The Kier molecular flexibility index (Phi) is 4.09. The van der Waals surface area contributed by atoms with Gasteiger partial charge in [-0.3, -0.25) is 0 Å². The van der Waals surface area contributed by atoms with Crippen molar-refractivity contribution >= 4 is 27.5 Å². The molecule has 0 heterocycles. The minimum absolute atomic E-state index is 0.0490. The van der Waals surface area contributed by atoms with Gasteiger partial charge in [0.05, 0.1) is 0 Å². The van der Waals surface area contributed by atoms with Crippen molar-refractivity contribution in [3.63, 3.8) is 0 Å². The summed E-state index contributed by atoms with van der Waals surface area (Å²) in [4.78, 5) is -3.41. The fourth-order valence-corrected chi connectivity index (χ4v) is 2.00. The molecule has 0 aromatic heterocycles. The summed E-state index contributed by atoms with van der Waals surface area (Å²) in [5.41, 5.74) is -2.12. The van der Waals surface area contributed by atoms with Crippen LogP contribution in [0.25, 0.3) is 0 Å². The van der Waals surface area contributed by atoms with E-state index in [0.29, 0.717) is 0 Å². The Bertz CT molecular complexity index is 315. The maximum Gasteiger partial charge on any atom is 0.333 e. The number of hydrogen-bond donors (Lipinski definition) is 1. The number of rotatable bonds is 4. The lowest BCUT2D eigenvalue weighted by atomic mass is 9.91. The summed E-state index contributed by atoms with van der Waals surface area (Å²) < 4.78 is 26.5. The largest absolute Gasteiger partial charge is 0.378 e. The summed E-state index contributed by atoms with van der Waals surface area (Å²) in [7, 11) is 0. The van der Waals surface area contributed by atoms with Gasteiger partial charge in [0.2, 0.25) is 0 Å². The van der Waals surface area contributed by atoms with Gasteiger partial charge in [-0.05, 0) is 21.5 Å². The number of benzene rings is 1. The number of hydrogen-bond acceptors (Lipinski definition) is 1. The first-order chi connectivity index (χ1) is 6.92. The molecule has 1 rings (SSSR count). The maximum absolute atomic E-state index is 13.3. The molecule has 1 atom stereocenters. The molecule has 15 heavy (non-hydrogen) atoms. The van der Waals surface area contributed by atoms with E-state index >= 15 is 0 Å². The average Bonchev–Trinajstić information content (AvgIpc) is 2.18. The third kappa shape index (κ3) is 2.68. The van der Waals surface area contributed by atoms with Crippen LogP contribution in [0.15, 0.2) is 30.3 Å². The van der Waals surface area contributed by atoms with Crippen LogP contribution in [-0.2, 0) is 5.60 Å². The van der Waals surface area contributed by atoms with Crippen LogP contribution < -0.4 is 0 Å². The molecule has 5 heteroatoms. The van der Waals surface area contributed by atoms with Gasteiger partial charge in [0.25, 0.3) is 0 Å². The highest BCUT2D eigenvalue weighted by atomic mass is 79.9. The molecule has 0 saturated carbocycles. The van der Waals surface area contributed by atoms with Gasteiger partial charge in [0, 0.05) is 12.3 Å². The molecule has 84 valence electrons. The summed E-state index contributed by atoms with van der Waals surface area (Å²) in [5, 5.41) is 9.94. The molecule has 1 aromatic carbocycles. The third-order valence-corrected chi connectivity index (χ3v) is 3.02. The predicted octanol–water partition coefficient (Wildman–Crippen LogP) is 3.49. The third-order valence-electron chi connectivity index (χ3n) is 2.18. The van der Waals surface area contributed by atoms with Crippen molar-refractivity contribution in [2.75, 3.05) is 5.88 Å². The van der Waals surface area contributed by atoms with Gasteiger partial charge < -0.3 is 5.11 Å². The smallest absolute Gasteiger partial charge is 0.333 e. The van der Waals surface area contributed by atoms with Gasteiger partial charge in [-0.25, -0.2) is 0 Å². The van der Waals surface area contributed by atoms with Crippen LogP contribution in [0.5, 0.6) is 0 Å². The van der Waals surface area contributed by atoms with Crippen LogP contribution in [0.3, 0.4) is 0 Å². The first-order valence-electron chi connectivity index (χ1n) is 4.32. The van der Waals surface area contributed by atoms with Crippen molar-refractivity contribution in [2.45, 2.75) is 16.9 Å². The van der Waals surface area contributed by atoms with Gasteiger partial charge in [0.15, 0.2) is 5.60 Å². The molecule has 0 spiro atoms. The summed E-state index contributed by atoms with van der Waals surface area (Å²) in [5.74, 6) is -0.0490. The minimum Gasteiger partial charge on any atom is -0.378 e. The Labute approximate surface area is 100 Å². The van der Waals surface area contributed by atoms with E-state index in [1.165, 1.54) is 12.1 Å². The monoisotopic (exact) mass is 298 g/mol. The Morgan fingerprint density at radius 2 is 1.80 bits per heavy atom. The highest BCUT2D eigenvalue weighted by molar-refractivity contribution is 9.10. The van der Waals surface area contributed by atoms with Crippen LogP contribution >= 0.6 is 27.5 Å². The van der Waals surface area contributed by atoms with E-state index in [1.807, 2.05) is 0 Å². The van der Waals surface area contributed by atoms with Crippen molar-refractivity contribution in [3.8, 4) is 0 Å². The highest BCUT2D eigenvalue weighted by Gasteiger charge is 2.51. The normalized spacial score (nSPS) is 16.1. The fourth-order valence-electron chi connectivity index (χ4n) is 1.30. The van der Waals surface area contributed by atoms with E-state index < -0.39 is 10.4 Å². The van der Waals surface area contributed by atoms with Crippen molar-refractivity contribution in [2.24, 2.45) is 0 Å². The molecule has 1 aromatic rings. The molecular weight excluding hydrogens is 289 g/mol. The zero-order chi connectivity index (χ0) is 11.5. The van der Waals surface area contributed by atoms with Crippen LogP contribution in [0.1, 0.15) is 12.0 Å². The standard InChI is InChI=1S/C10H10BrClF2O/c11-10(13,14)9(15,6-7-12)8-4-2-1-3-5-8/h1-5,15H,6-7H2. The Balaban J connectivity index is 3.13. The van der Waals surface area contributed by atoms with Gasteiger partial charge in [0.1, 0.15) is 0 Å². The first-order valence-corrected chi connectivity index (χ1v) is 5.65. The summed E-state index contributed by atoms with van der Waals surface area (Å²) in [6, 6.07) is 7.76. The van der Waals surface area contributed by atoms with Gasteiger partial charge >= 0.3 is 4.83 Å². The van der Waals surface area contributed by atoms with Crippen LogP contribution in [0.4, 0.5) is 8.78 Å². The minimum atomic E-state index is -3.41. The van der Waals surface area contributed by atoms with E-state index in [4.69, 9.17) is 11.6 Å². The number of halogens is 4. The topological polar surface area (TPSA) is 20.2 Å². The van der Waals surface area contributed by atoms with Crippen molar-refractivity contribution < 1.29 is 13.9 Å². The Morgan fingerprint density at radius 1 is 1.27 bits per heavy atom. The number of alkyl halides is 4. The Morgan fingerprint density at radius 3 is 2.20 bits per heavy atom. The second-order valence-corrected chi connectivity index (χ2v) is 4.54. The first kappa shape index (κ1) is 12.9. The lowest BCUT2D eigenvalue weighted by Gasteiger charge is -2.32. The molecular formula is C10H10BrClF2O. The molecule has 1 nitrogen and oxygen atoms in total. The van der Waals surface area contributed by atoms with Crippen LogP contribution in [-0.4, -0.2) is 15.8 Å². The van der Waals surface area contributed by atoms with Crippen LogP contribution in [0.2, 0.25) is 0 Å². The number of aliphatic hydroxyl groups is 1. The second kappa shape index (κ2) is 4.76. The van der Waals surface area contributed by atoms with Crippen molar-refractivity contribution in [1.82, 2.24) is 0 Å². The molecule has 0 fully saturated rings. The van der Waals surface area contributed by atoms with Crippen molar-refractivity contribution in [1.29, 1.82) is 0 Å². The van der Waals surface area contributed by atoms with Gasteiger partial charge in [-0.2, -0.15) is 8.78 Å². The van der Waals surface area contributed by atoms with Crippen molar-refractivity contribution in [3.05, 3.63) is 35.9 Å². The highest BCUT2D eigenvalue weighted by Crippen LogP contribution is 2.44. The van der Waals surface area contributed by atoms with E-state index in [9.17, 15) is 13.9 Å². The zero-order valence-electron chi connectivity index (χ0n) is 7.76. The fraction of sp³-hybridized carbons (Fsp3) is 0.400. The van der Waals surface area contributed by atoms with E-state index in [1.54, 1.807) is 18.2 Å². The lowest BCUT2D eigenvalue weighted by molar-refractivity contribution is -0.123. The maximum atomic E-state index is 13.3. The quantitative estimate of drug-likeness (QED) is 0.844. The average molecular weight is 300 g/mol. The molecule has 0 saturated heterocycles. The molecule has 0 amide bonds. The van der Waals surface area contributed by atoms with E-state index in [0.717, 1.165) is 0 Å². The van der Waals surface area contributed by atoms with Gasteiger partial charge in [-0.15, -0.1) is 11.6 Å². The Hall–Kier alpha value is -0.190. The molecule has 0 aliphatic heterocycles. The summed E-state index contributed by atoms with van der Waals surface area (Å²) in [6.45, 7) is 0. The van der Waals surface area contributed by atoms with Gasteiger partial charge in [-0.1, -0.05) is 30.3 Å². The molecule has 0 radical (unpaired) electrons. The van der Waals surface area contributed by atoms with Crippen LogP contribution in [0, 0.1) is 0 Å².